The predicted octanol–water partition coefficient (Wildman–Crippen LogP) is 2.49. The number of hydrogen-bond acceptors (Lipinski definition) is 3. The van der Waals surface area contributed by atoms with E-state index in [1.165, 1.54) is 6.07 Å². The topological polar surface area (TPSA) is 25.4 Å². The highest BCUT2D eigenvalue weighted by Gasteiger charge is 2.30. The normalized spacial score (nSPS) is 17.7. The van der Waals surface area contributed by atoms with Crippen LogP contribution in [0.1, 0.15) is 18.4 Å². The van der Waals surface area contributed by atoms with Crippen molar-refractivity contribution in [3.8, 4) is 5.88 Å². The van der Waals surface area contributed by atoms with E-state index in [1.54, 1.807) is 5.06 Å². The summed E-state index contributed by atoms with van der Waals surface area (Å²) in [5.74, 6) is 0.204. The molecule has 0 unspecified atom stereocenters. The molecule has 1 aliphatic heterocycles. The van der Waals surface area contributed by atoms with Gasteiger partial charge in [0, 0.05) is 25.4 Å². The molecule has 3 nitrogen and oxygen atoms in total. The van der Waals surface area contributed by atoms with Crippen molar-refractivity contribution < 1.29 is 18.0 Å². The van der Waals surface area contributed by atoms with Crippen molar-refractivity contribution in [3.63, 3.8) is 0 Å². The molecule has 16 heavy (non-hydrogen) atoms. The van der Waals surface area contributed by atoms with Gasteiger partial charge in [0.2, 0.25) is 5.88 Å². The Kier molecular flexibility index (Phi) is 3.00. The molecular weight excluding hydrogens is 221 g/mol. The van der Waals surface area contributed by atoms with Gasteiger partial charge in [0.05, 0.1) is 5.56 Å². The van der Waals surface area contributed by atoms with Crippen LogP contribution in [0, 0.1) is 0 Å². The number of hydroxylamine groups is 2. The maximum absolute atomic E-state index is 12.2. The summed E-state index contributed by atoms with van der Waals surface area (Å²) < 4.78 is 36.7. The average Bonchev–Trinajstić information content (AvgIpc) is 2.70. The van der Waals surface area contributed by atoms with E-state index in [0.29, 0.717) is 0 Å². The Bertz CT molecular complexity index is 344. The summed E-state index contributed by atoms with van der Waals surface area (Å²) in [6, 6.07) is 2.21. The van der Waals surface area contributed by atoms with Crippen molar-refractivity contribution >= 4 is 0 Å². The smallest absolute Gasteiger partial charge is 0.386 e. The summed E-state index contributed by atoms with van der Waals surface area (Å²) in [7, 11) is 0. The zero-order valence-electron chi connectivity index (χ0n) is 8.50. The van der Waals surface area contributed by atoms with Gasteiger partial charge < -0.3 is 4.84 Å². The minimum Gasteiger partial charge on any atom is -0.386 e. The lowest BCUT2D eigenvalue weighted by atomic mass is 10.3. The van der Waals surface area contributed by atoms with Gasteiger partial charge in [-0.25, -0.2) is 4.98 Å². The minimum absolute atomic E-state index is 0.204. The van der Waals surface area contributed by atoms with Crippen LogP contribution in [0.15, 0.2) is 18.3 Å². The molecule has 0 atom stereocenters. The lowest BCUT2D eigenvalue weighted by Crippen LogP contribution is -2.23. The van der Waals surface area contributed by atoms with Crippen LogP contribution in [0.5, 0.6) is 5.88 Å². The fourth-order valence-electron chi connectivity index (χ4n) is 1.51. The van der Waals surface area contributed by atoms with E-state index >= 15 is 0 Å². The van der Waals surface area contributed by atoms with E-state index < -0.39 is 11.7 Å². The Morgan fingerprint density at radius 2 is 1.88 bits per heavy atom. The van der Waals surface area contributed by atoms with Crippen LogP contribution in [-0.4, -0.2) is 23.1 Å². The summed E-state index contributed by atoms with van der Waals surface area (Å²) in [5, 5.41) is 1.70. The van der Waals surface area contributed by atoms with Crippen molar-refractivity contribution in [1.82, 2.24) is 10.0 Å². The monoisotopic (exact) mass is 232 g/mol. The Morgan fingerprint density at radius 3 is 2.38 bits per heavy atom. The standard InChI is InChI=1S/C10H11F3N2O/c11-10(12,13)8-3-4-9(14-7-8)16-15-5-1-2-6-15/h3-4,7H,1-2,5-6H2. The van der Waals surface area contributed by atoms with Crippen LogP contribution >= 0.6 is 0 Å². The third kappa shape index (κ3) is 2.63. The Morgan fingerprint density at radius 1 is 1.19 bits per heavy atom. The van der Waals surface area contributed by atoms with Crippen LogP contribution < -0.4 is 4.84 Å². The SMILES string of the molecule is FC(F)(F)c1ccc(ON2CCCC2)nc1. The number of nitrogens with zero attached hydrogens (tertiary/aromatic N) is 2. The molecule has 1 aromatic rings. The van der Waals surface area contributed by atoms with Gasteiger partial charge in [-0.2, -0.15) is 13.2 Å². The molecule has 0 spiro atoms. The third-order valence-corrected chi connectivity index (χ3v) is 2.35. The second kappa shape index (κ2) is 4.29. The predicted molar refractivity (Wildman–Crippen MR) is 50.7 cm³/mol. The molecule has 0 saturated carbocycles. The Hall–Kier alpha value is -1.30. The molecule has 1 saturated heterocycles. The van der Waals surface area contributed by atoms with Crippen LogP contribution in [0.3, 0.4) is 0 Å². The average molecular weight is 232 g/mol. The van der Waals surface area contributed by atoms with Gasteiger partial charge in [-0.3, -0.25) is 0 Å². The number of hydrogen-bond donors (Lipinski definition) is 0. The lowest BCUT2D eigenvalue weighted by Gasteiger charge is -2.15. The minimum atomic E-state index is -4.35. The summed E-state index contributed by atoms with van der Waals surface area (Å²) in [4.78, 5) is 8.92. The molecule has 6 heteroatoms. The van der Waals surface area contributed by atoms with E-state index in [4.69, 9.17) is 4.84 Å². The van der Waals surface area contributed by atoms with Crippen molar-refractivity contribution in [3.05, 3.63) is 23.9 Å². The molecular formula is C10H11F3N2O. The molecule has 0 radical (unpaired) electrons. The lowest BCUT2D eigenvalue weighted by molar-refractivity contribution is -0.137. The van der Waals surface area contributed by atoms with Gasteiger partial charge in [0.25, 0.3) is 0 Å². The Labute approximate surface area is 90.8 Å². The summed E-state index contributed by atoms with van der Waals surface area (Å²) in [5.41, 5.74) is -0.763. The number of aromatic nitrogens is 1. The van der Waals surface area contributed by atoms with Crippen LogP contribution in [-0.2, 0) is 6.18 Å². The Balaban J connectivity index is 2.01. The van der Waals surface area contributed by atoms with Crippen molar-refractivity contribution in [2.45, 2.75) is 19.0 Å². The number of halogens is 3. The maximum atomic E-state index is 12.2. The van der Waals surface area contributed by atoms with E-state index in [1.807, 2.05) is 0 Å². The fraction of sp³-hybridized carbons (Fsp3) is 0.500. The quantitative estimate of drug-likeness (QED) is 0.783. The van der Waals surface area contributed by atoms with Crippen LogP contribution in [0.2, 0.25) is 0 Å². The van der Waals surface area contributed by atoms with Crippen molar-refractivity contribution in [2.24, 2.45) is 0 Å². The number of pyridine rings is 1. The molecule has 0 amide bonds. The maximum Gasteiger partial charge on any atom is 0.417 e. The van der Waals surface area contributed by atoms with Gasteiger partial charge in [-0.1, -0.05) is 0 Å². The van der Waals surface area contributed by atoms with Gasteiger partial charge >= 0.3 is 6.18 Å². The van der Waals surface area contributed by atoms with Gasteiger partial charge in [0.1, 0.15) is 0 Å². The molecule has 1 aromatic heterocycles. The highest BCUT2D eigenvalue weighted by atomic mass is 19.4. The summed E-state index contributed by atoms with van der Waals surface area (Å²) in [6.07, 6.45) is -1.48. The van der Waals surface area contributed by atoms with E-state index in [9.17, 15) is 13.2 Å². The molecule has 0 aliphatic carbocycles. The molecule has 1 aliphatic rings. The highest BCUT2D eigenvalue weighted by molar-refractivity contribution is 5.19. The van der Waals surface area contributed by atoms with Gasteiger partial charge in [0.15, 0.2) is 0 Å². The van der Waals surface area contributed by atoms with E-state index in [-0.39, 0.29) is 5.88 Å². The summed E-state index contributed by atoms with van der Waals surface area (Å²) in [6.45, 7) is 1.59. The van der Waals surface area contributed by atoms with Crippen LogP contribution in [0.25, 0.3) is 0 Å². The van der Waals surface area contributed by atoms with E-state index in [0.717, 1.165) is 38.2 Å². The fourth-order valence-corrected chi connectivity index (χ4v) is 1.51. The van der Waals surface area contributed by atoms with Gasteiger partial charge in [-0.15, -0.1) is 5.06 Å². The zero-order chi connectivity index (χ0) is 11.6. The van der Waals surface area contributed by atoms with Crippen molar-refractivity contribution in [1.29, 1.82) is 0 Å². The van der Waals surface area contributed by atoms with Crippen LogP contribution in [0.4, 0.5) is 13.2 Å². The zero-order valence-corrected chi connectivity index (χ0v) is 8.50. The highest BCUT2D eigenvalue weighted by Crippen LogP contribution is 2.29. The molecule has 2 heterocycles. The largest absolute Gasteiger partial charge is 0.417 e. The molecule has 2 rings (SSSR count). The van der Waals surface area contributed by atoms with E-state index in [2.05, 4.69) is 4.98 Å². The molecule has 88 valence electrons. The number of alkyl halides is 3. The first-order valence-electron chi connectivity index (χ1n) is 5.02. The first-order valence-corrected chi connectivity index (χ1v) is 5.02. The first kappa shape index (κ1) is 11.2. The second-order valence-corrected chi connectivity index (χ2v) is 3.61. The van der Waals surface area contributed by atoms with Crippen molar-refractivity contribution in [2.75, 3.05) is 13.1 Å². The summed E-state index contributed by atoms with van der Waals surface area (Å²) >= 11 is 0. The molecule has 0 bridgehead atoms. The molecule has 0 N–H and O–H groups in total. The second-order valence-electron chi connectivity index (χ2n) is 3.61. The van der Waals surface area contributed by atoms with Gasteiger partial charge in [-0.05, 0) is 18.9 Å². The molecule has 1 fully saturated rings. The number of rotatable bonds is 2. The first-order chi connectivity index (χ1) is 7.55. The third-order valence-electron chi connectivity index (χ3n) is 2.35. The molecule has 0 aromatic carbocycles.